The fourth-order valence-corrected chi connectivity index (χ4v) is 4.28. The van der Waals surface area contributed by atoms with Crippen LogP contribution in [0.3, 0.4) is 0 Å². The van der Waals surface area contributed by atoms with E-state index in [1.54, 1.807) is 30.3 Å². The topological polar surface area (TPSA) is 121 Å². The van der Waals surface area contributed by atoms with Gasteiger partial charge in [0.2, 0.25) is 0 Å². The van der Waals surface area contributed by atoms with Gasteiger partial charge >= 0.3 is 5.91 Å². The van der Waals surface area contributed by atoms with Gasteiger partial charge in [-0.25, -0.2) is 5.43 Å². The van der Waals surface area contributed by atoms with Crippen molar-refractivity contribution in [1.82, 2.24) is 9.99 Å². The van der Waals surface area contributed by atoms with Crippen LogP contribution in [0.4, 0.5) is 0 Å². The molecule has 190 valence electrons. The molecular formula is C27H25IN4O5. The minimum atomic E-state index is -0.552. The van der Waals surface area contributed by atoms with Gasteiger partial charge in [0, 0.05) is 17.1 Å². The normalized spacial score (nSPS) is 11.0. The molecule has 0 saturated heterocycles. The molecule has 0 radical (unpaired) electrons. The number of halogens is 1. The van der Waals surface area contributed by atoms with Crippen LogP contribution < -0.4 is 20.6 Å². The molecular weight excluding hydrogens is 587 g/mol. The van der Waals surface area contributed by atoms with Crippen molar-refractivity contribution in [2.75, 3.05) is 6.61 Å². The van der Waals surface area contributed by atoms with Crippen molar-refractivity contribution in [3.8, 4) is 17.2 Å². The fourth-order valence-electron chi connectivity index (χ4n) is 3.58. The molecule has 2 heterocycles. The number of aromatic nitrogens is 1. The number of primary amides is 1. The van der Waals surface area contributed by atoms with Crippen molar-refractivity contribution >= 4 is 40.6 Å². The number of amides is 2. The van der Waals surface area contributed by atoms with Crippen LogP contribution in [0.15, 0.2) is 76.2 Å². The number of hydrazone groups is 1. The summed E-state index contributed by atoms with van der Waals surface area (Å²) < 4.78 is 19.7. The van der Waals surface area contributed by atoms with Crippen LogP contribution in [0.25, 0.3) is 5.69 Å². The maximum Gasteiger partial charge on any atom is 0.307 e. The van der Waals surface area contributed by atoms with E-state index in [2.05, 4.69) is 63.7 Å². The Balaban J connectivity index is 1.28. The first-order chi connectivity index (χ1) is 17.8. The number of hydrogen-bond acceptors (Lipinski definition) is 6. The number of aryl methyl sites for hydroxylation is 2. The maximum atomic E-state index is 12.4. The first-order valence-electron chi connectivity index (χ1n) is 11.3. The number of benzene rings is 2. The summed E-state index contributed by atoms with van der Waals surface area (Å²) in [4.78, 5) is 23.2. The van der Waals surface area contributed by atoms with Gasteiger partial charge in [0.15, 0.2) is 12.4 Å². The molecule has 10 heteroatoms. The van der Waals surface area contributed by atoms with Gasteiger partial charge in [0.1, 0.15) is 23.9 Å². The van der Waals surface area contributed by atoms with Gasteiger partial charge in [0.25, 0.3) is 5.91 Å². The summed E-state index contributed by atoms with van der Waals surface area (Å²) in [6.45, 7) is 4.11. The number of furan rings is 1. The molecule has 0 aliphatic rings. The Morgan fingerprint density at radius 2 is 1.76 bits per heavy atom. The predicted molar refractivity (Wildman–Crippen MR) is 147 cm³/mol. The third-order valence-electron chi connectivity index (χ3n) is 5.34. The molecule has 2 aromatic carbocycles. The van der Waals surface area contributed by atoms with Crippen molar-refractivity contribution in [1.29, 1.82) is 0 Å². The molecule has 3 N–H and O–H groups in total. The van der Waals surface area contributed by atoms with Gasteiger partial charge in [0.05, 0.1) is 9.78 Å². The number of nitrogens with zero attached hydrogens (tertiary/aromatic N) is 2. The average Bonchev–Trinajstić information content (AvgIpc) is 3.48. The standard InChI is InChI=1S/C27H25IN4O5/c1-17-3-4-18(2)32(17)20-6-8-21(9-7-20)35-15-22-10-12-25(37-22)27(34)31-30-14-19-5-11-24(23(28)13-19)36-16-26(29)33/h3-14H,15-16H2,1-2H3,(H2,29,33)(H,31,34)/b30-14+. The van der Waals surface area contributed by atoms with Crippen molar-refractivity contribution in [3.63, 3.8) is 0 Å². The zero-order valence-corrected chi connectivity index (χ0v) is 22.4. The molecule has 9 nitrogen and oxygen atoms in total. The fraction of sp³-hybridized carbons (Fsp3) is 0.148. The van der Waals surface area contributed by atoms with E-state index < -0.39 is 11.8 Å². The zero-order valence-electron chi connectivity index (χ0n) is 20.2. The Morgan fingerprint density at radius 1 is 1.03 bits per heavy atom. The Morgan fingerprint density at radius 3 is 2.43 bits per heavy atom. The summed E-state index contributed by atoms with van der Waals surface area (Å²) in [6, 6.07) is 20.4. The van der Waals surface area contributed by atoms with Crippen LogP contribution in [0.1, 0.15) is 33.3 Å². The summed E-state index contributed by atoms with van der Waals surface area (Å²) in [7, 11) is 0. The minimum Gasteiger partial charge on any atom is -0.486 e. The quantitative estimate of drug-likeness (QED) is 0.155. The van der Waals surface area contributed by atoms with E-state index in [4.69, 9.17) is 19.6 Å². The van der Waals surface area contributed by atoms with E-state index in [1.807, 2.05) is 24.3 Å². The van der Waals surface area contributed by atoms with Gasteiger partial charge in [-0.2, -0.15) is 5.10 Å². The van der Waals surface area contributed by atoms with Crippen molar-refractivity contribution in [3.05, 3.63) is 98.8 Å². The lowest BCUT2D eigenvalue weighted by atomic mass is 10.2. The summed E-state index contributed by atoms with van der Waals surface area (Å²) in [5.74, 6) is 0.822. The van der Waals surface area contributed by atoms with E-state index in [9.17, 15) is 9.59 Å². The highest BCUT2D eigenvalue weighted by molar-refractivity contribution is 14.1. The van der Waals surface area contributed by atoms with Crippen LogP contribution in [-0.2, 0) is 11.4 Å². The molecule has 2 aromatic heterocycles. The molecule has 0 atom stereocenters. The highest BCUT2D eigenvalue weighted by atomic mass is 127. The van der Waals surface area contributed by atoms with E-state index in [1.165, 1.54) is 6.21 Å². The molecule has 4 aromatic rings. The number of ether oxygens (including phenoxy) is 2. The monoisotopic (exact) mass is 612 g/mol. The molecule has 2 amide bonds. The first kappa shape index (κ1) is 26.0. The van der Waals surface area contributed by atoms with Crippen LogP contribution in [0.5, 0.6) is 11.5 Å². The van der Waals surface area contributed by atoms with Crippen molar-refractivity contribution < 1.29 is 23.5 Å². The number of hydrogen-bond donors (Lipinski definition) is 2. The molecule has 37 heavy (non-hydrogen) atoms. The second-order valence-electron chi connectivity index (χ2n) is 8.14. The smallest absolute Gasteiger partial charge is 0.307 e. The Labute approximate surface area is 227 Å². The molecule has 0 unspecified atom stereocenters. The van der Waals surface area contributed by atoms with Crippen LogP contribution in [-0.4, -0.2) is 29.2 Å². The molecule has 0 bridgehead atoms. The Kier molecular flexibility index (Phi) is 8.29. The van der Waals surface area contributed by atoms with Crippen LogP contribution in [0.2, 0.25) is 0 Å². The van der Waals surface area contributed by atoms with Gasteiger partial charge in [-0.15, -0.1) is 0 Å². The van der Waals surface area contributed by atoms with Gasteiger partial charge in [-0.3, -0.25) is 9.59 Å². The molecule has 0 saturated carbocycles. The second-order valence-corrected chi connectivity index (χ2v) is 9.31. The van der Waals surface area contributed by atoms with E-state index >= 15 is 0 Å². The molecule has 0 fully saturated rings. The van der Waals surface area contributed by atoms with E-state index in [-0.39, 0.29) is 19.0 Å². The second kappa shape index (κ2) is 11.8. The van der Waals surface area contributed by atoms with Crippen molar-refractivity contribution in [2.45, 2.75) is 20.5 Å². The SMILES string of the molecule is Cc1ccc(C)n1-c1ccc(OCc2ccc(C(=O)N/N=C/c3ccc(OCC(N)=O)c(I)c3)o2)cc1. The summed E-state index contributed by atoms with van der Waals surface area (Å²) in [5, 5.41) is 3.97. The minimum absolute atomic E-state index is 0.120. The largest absolute Gasteiger partial charge is 0.486 e. The van der Waals surface area contributed by atoms with Gasteiger partial charge < -0.3 is 24.2 Å². The molecule has 0 aliphatic heterocycles. The summed E-state index contributed by atoms with van der Waals surface area (Å²) in [5.41, 5.74) is 11.7. The zero-order chi connectivity index (χ0) is 26.4. The van der Waals surface area contributed by atoms with Crippen LogP contribution in [0, 0.1) is 17.4 Å². The Bertz CT molecular complexity index is 1420. The summed E-state index contributed by atoms with van der Waals surface area (Å²) in [6.07, 6.45) is 1.49. The number of carbonyl (C=O) groups excluding carboxylic acids is 2. The highest BCUT2D eigenvalue weighted by Crippen LogP contribution is 2.22. The first-order valence-corrected chi connectivity index (χ1v) is 12.4. The third kappa shape index (κ3) is 6.79. The lowest BCUT2D eigenvalue weighted by molar-refractivity contribution is -0.119. The summed E-state index contributed by atoms with van der Waals surface area (Å²) >= 11 is 2.07. The lowest BCUT2D eigenvalue weighted by Crippen LogP contribution is -2.20. The Hall–Kier alpha value is -4.06. The number of nitrogens with two attached hydrogens (primary N) is 1. The third-order valence-corrected chi connectivity index (χ3v) is 6.18. The number of rotatable bonds is 10. The van der Waals surface area contributed by atoms with Gasteiger partial charge in [-0.05, 0) is 109 Å². The molecule has 4 rings (SSSR count). The van der Waals surface area contributed by atoms with E-state index in [0.717, 1.165) is 26.2 Å². The number of nitrogens with one attached hydrogen (secondary N) is 1. The molecule has 0 aliphatic carbocycles. The molecule has 0 spiro atoms. The highest BCUT2D eigenvalue weighted by Gasteiger charge is 2.11. The van der Waals surface area contributed by atoms with Gasteiger partial charge in [-0.1, -0.05) is 0 Å². The van der Waals surface area contributed by atoms with Crippen molar-refractivity contribution in [2.24, 2.45) is 10.8 Å². The predicted octanol–water partition coefficient (Wildman–Crippen LogP) is 4.50. The lowest BCUT2D eigenvalue weighted by Gasteiger charge is -2.10. The maximum absolute atomic E-state index is 12.4. The van der Waals surface area contributed by atoms with E-state index in [0.29, 0.717) is 17.3 Å². The van der Waals surface area contributed by atoms with Crippen LogP contribution >= 0.6 is 22.6 Å². The number of carbonyl (C=O) groups is 2. The average molecular weight is 612 g/mol.